The number of hydrogen-bond acceptors (Lipinski definition) is 4. The first-order valence-corrected chi connectivity index (χ1v) is 7.63. The van der Waals surface area contributed by atoms with Crippen molar-refractivity contribution in [2.45, 2.75) is 32.3 Å². The van der Waals surface area contributed by atoms with Gasteiger partial charge in [-0.3, -0.25) is 4.90 Å². The third-order valence-electron chi connectivity index (χ3n) is 3.92. The van der Waals surface area contributed by atoms with Gasteiger partial charge in [-0.05, 0) is 23.1 Å². The van der Waals surface area contributed by atoms with Crippen LogP contribution in [0.5, 0.6) is 5.75 Å². The predicted molar refractivity (Wildman–Crippen MR) is 83.7 cm³/mol. The summed E-state index contributed by atoms with van der Waals surface area (Å²) < 4.78 is 5.63. The zero-order valence-electron chi connectivity index (χ0n) is 13.2. The van der Waals surface area contributed by atoms with Crippen molar-refractivity contribution in [3.05, 3.63) is 29.8 Å². The lowest BCUT2D eigenvalue weighted by Crippen LogP contribution is -2.51. The van der Waals surface area contributed by atoms with Crippen LogP contribution in [0, 0.1) is 5.92 Å². The molecule has 1 saturated heterocycles. The maximum absolute atomic E-state index is 9.96. The second kappa shape index (κ2) is 6.77. The van der Waals surface area contributed by atoms with E-state index >= 15 is 0 Å². The van der Waals surface area contributed by atoms with E-state index in [2.05, 4.69) is 37.8 Å². The monoisotopic (exact) mass is 293 g/mol. The average molecular weight is 293 g/mol. The van der Waals surface area contributed by atoms with E-state index in [1.807, 2.05) is 12.1 Å². The Morgan fingerprint density at radius 2 is 1.86 bits per heavy atom. The summed E-state index contributed by atoms with van der Waals surface area (Å²) in [5.74, 6) is 1.17. The van der Waals surface area contributed by atoms with Crippen LogP contribution in [0.4, 0.5) is 0 Å². The molecule has 4 heteroatoms. The van der Waals surface area contributed by atoms with E-state index in [4.69, 9.17) is 9.84 Å². The Morgan fingerprint density at radius 3 is 2.38 bits per heavy atom. The highest BCUT2D eigenvalue weighted by molar-refractivity contribution is 5.31. The van der Waals surface area contributed by atoms with E-state index < -0.39 is 6.10 Å². The van der Waals surface area contributed by atoms with Gasteiger partial charge >= 0.3 is 0 Å². The van der Waals surface area contributed by atoms with Crippen LogP contribution in [0.15, 0.2) is 24.3 Å². The first-order chi connectivity index (χ1) is 9.88. The maximum atomic E-state index is 9.96. The fourth-order valence-electron chi connectivity index (χ4n) is 2.54. The normalized spacial score (nSPS) is 18.3. The Bertz CT molecular complexity index is 432. The van der Waals surface area contributed by atoms with E-state index in [9.17, 15) is 5.11 Å². The van der Waals surface area contributed by atoms with Crippen molar-refractivity contribution < 1.29 is 14.9 Å². The molecule has 0 aliphatic carbocycles. The average Bonchev–Trinajstić information content (AvgIpc) is 2.39. The highest BCUT2D eigenvalue weighted by Gasteiger charge is 2.27. The summed E-state index contributed by atoms with van der Waals surface area (Å²) in [7, 11) is 0. The molecule has 1 aliphatic heterocycles. The van der Waals surface area contributed by atoms with Crippen molar-refractivity contribution in [1.29, 1.82) is 0 Å². The van der Waals surface area contributed by atoms with E-state index in [0.29, 0.717) is 19.1 Å². The first kappa shape index (κ1) is 16.3. The Hall–Kier alpha value is -1.10. The van der Waals surface area contributed by atoms with Gasteiger partial charge in [0.05, 0.1) is 0 Å². The lowest BCUT2D eigenvalue weighted by Gasteiger charge is -2.39. The molecule has 4 nitrogen and oxygen atoms in total. The molecular weight excluding hydrogens is 266 g/mol. The molecule has 1 unspecified atom stereocenters. The second-order valence-corrected chi connectivity index (χ2v) is 7.01. The Morgan fingerprint density at radius 1 is 1.24 bits per heavy atom. The Balaban J connectivity index is 1.73. The van der Waals surface area contributed by atoms with Gasteiger partial charge in [0, 0.05) is 32.2 Å². The van der Waals surface area contributed by atoms with Crippen molar-refractivity contribution >= 4 is 0 Å². The minimum atomic E-state index is -0.494. The fraction of sp³-hybridized carbons (Fsp3) is 0.647. The molecule has 0 bridgehead atoms. The van der Waals surface area contributed by atoms with Crippen LogP contribution in [0.2, 0.25) is 0 Å². The third-order valence-corrected chi connectivity index (χ3v) is 3.92. The molecule has 0 spiro atoms. The van der Waals surface area contributed by atoms with Gasteiger partial charge < -0.3 is 14.9 Å². The molecule has 1 heterocycles. The summed E-state index contributed by atoms with van der Waals surface area (Å²) in [4.78, 5) is 2.14. The van der Waals surface area contributed by atoms with E-state index in [0.717, 1.165) is 18.8 Å². The number of likely N-dealkylation sites (tertiary alicyclic amines) is 1. The molecule has 2 N–H and O–H groups in total. The standard InChI is InChI=1S/C17H27NO3/c1-17(2,3)14-4-6-16(7-5-14)21-12-15(20)10-18-8-13(9-18)11-19/h4-7,13,15,19-20H,8-12H2,1-3H3. The maximum Gasteiger partial charge on any atom is 0.119 e. The molecule has 1 aromatic rings. The van der Waals surface area contributed by atoms with Crippen LogP contribution in [0.3, 0.4) is 0 Å². The fourth-order valence-corrected chi connectivity index (χ4v) is 2.54. The zero-order chi connectivity index (χ0) is 15.5. The molecule has 0 amide bonds. The van der Waals surface area contributed by atoms with Crippen molar-refractivity contribution in [1.82, 2.24) is 4.90 Å². The second-order valence-electron chi connectivity index (χ2n) is 7.01. The Kier molecular flexibility index (Phi) is 5.25. The van der Waals surface area contributed by atoms with Gasteiger partial charge in [-0.1, -0.05) is 32.9 Å². The number of aliphatic hydroxyl groups is 2. The molecular formula is C17H27NO3. The number of ether oxygens (including phenoxy) is 1. The molecule has 0 aromatic heterocycles. The molecule has 0 saturated carbocycles. The van der Waals surface area contributed by atoms with Gasteiger partial charge in [-0.2, -0.15) is 0 Å². The van der Waals surface area contributed by atoms with Gasteiger partial charge in [0.2, 0.25) is 0 Å². The molecule has 21 heavy (non-hydrogen) atoms. The van der Waals surface area contributed by atoms with Crippen LogP contribution in [0.1, 0.15) is 26.3 Å². The summed E-state index contributed by atoms with van der Waals surface area (Å²) in [6.45, 7) is 9.43. The molecule has 1 aromatic carbocycles. The van der Waals surface area contributed by atoms with Crippen molar-refractivity contribution in [2.75, 3.05) is 32.8 Å². The van der Waals surface area contributed by atoms with Crippen LogP contribution in [-0.4, -0.2) is 54.1 Å². The van der Waals surface area contributed by atoms with Gasteiger partial charge in [0.1, 0.15) is 18.5 Å². The first-order valence-electron chi connectivity index (χ1n) is 7.63. The Labute approximate surface area is 127 Å². The number of hydrogen-bond donors (Lipinski definition) is 2. The lowest BCUT2D eigenvalue weighted by atomic mass is 9.87. The van der Waals surface area contributed by atoms with Gasteiger partial charge in [-0.25, -0.2) is 0 Å². The van der Waals surface area contributed by atoms with Gasteiger partial charge in [0.15, 0.2) is 0 Å². The minimum absolute atomic E-state index is 0.138. The SMILES string of the molecule is CC(C)(C)c1ccc(OCC(O)CN2CC(CO)C2)cc1. The molecule has 2 rings (SSSR count). The van der Waals surface area contributed by atoms with Crippen LogP contribution in [-0.2, 0) is 5.41 Å². The summed E-state index contributed by atoms with van der Waals surface area (Å²) in [5, 5.41) is 18.9. The highest BCUT2D eigenvalue weighted by Crippen LogP contribution is 2.24. The number of β-amino-alcohol motifs (C(OH)–C–C–N with tert-alkyl or cyclic N) is 1. The van der Waals surface area contributed by atoms with Crippen molar-refractivity contribution in [3.8, 4) is 5.75 Å². The number of nitrogens with zero attached hydrogens (tertiary/aromatic N) is 1. The molecule has 0 radical (unpaired) electrons. The molecule has 1 atom stereocenters. The number of benzene rings is 1. The number of rotatable bonds is 6. The number of aliphatic hydroxyl groups excluding tert-OH is 2. The molecule has 1 aliphatic rings. The summed E-state index contributed by atoms with van der Waals surface area (Å²) in [6, 6.07) is 8.06. The molecule has 118 valence electrons. The van der Waals surface area contributed by atoms with Crippen molar-refractivity contribution in [2.24, 2.45) is 5.92 Å². The van der Waals surface area contributed by atoms with Crippen LogP contribution < -0.4 is 4.74 Å². The van der Waals surface area contributed by atoms with Crippen LogP contribution >= 0.6 is 0 Å². The summed E-state index contributed by atoms with van der Waals surface area (Å²) >= 11 is 0. The van der Waals surface area contributed by atoms with Crippen LogP contribution in [0.25, 0.3) is 0 Å². The van der Waals surface area contributed by atoms with E-state index in [1.54, 1.807) is 0 Å². The predicted octanol–water partition coefficient (Wildman–Crippen LogP) is 1.65. The van der Waals surface area contributed by atoms with E-state index in [1.165, 1.54) is 5.56 Å². The summed E-state index contributed by atoms with van der Waals surface area (Å²) in [6.07, 6.45) is -0.494. The van der Waals surface area contributed by atoms with E-state index in [-0.39, 0.29) is 12.0 Å². The topological polar surface area (TPSA) is 52.9 Å². The van der Waals surface area contributed by atoms with Crippen molar-refractivity contribution in [3.63, 3.8) is 0 Å². The molecule has 1 fully saturated rings. The minimum Gasteiger partial charge on any atom is -0.491 e. The van der Waals surface area contributed by atoms with Gasteiger partial charge in [-0.15, -0.1) is 0 Å². The third kappa shape index (κ3) is 4.70. The lowest BCUT2D eigenvalue weighted by molar-refractivity contribution is 0.00227. The largest absolute Gasteiger partial charge is 0.491 e. The summed E-state index contributed by atoms with van der Waals surface area (Å²) in [5.41, 5.74) is 1.41. The van der Waals surface area contributed by atoms with Gasteiger partial charge in [0.25, 0.3) is 0 Å². The quantitative estimate of drug-likeness (QED) is 0.837. The zero-order valence-corrected chi connectivity index (χ0v) is 13.2. The highest BCUT2D eigenvalue weighted by atomic mass is 16.5. The smallest absolute Gasteiger partial charge is 0.119 e.